The average molecular weight is 399 g/mol. The van der Waals surface area contributed by atoms with Crippen LogP contribution >= 0.6 is 11.3 Å². The van der Waals surface area contributed by atoms with Crippen molar-refractivity contribution in [2.75, 3.05) is 11.1 Å². The third-order valence-electron chi connectivity index (χ3n) is 4.12. The maximum absolute atomic E-state index is 13.3. The van der Waals surface area contributed by atoms with Crippen molar-refractivity contribution < 1.29 is 18.0 Å². The number of nitrogen functional groups attached to an aromatic ring is 1. The number of amides is 1. The fourth-order valence-corrected chi connectivity index (χ4v) is 3.70. The van der Waals surface area contributed by atoms with Gasteiger partial charge in [-0.3, -0.25) is 4.79 Å². The smallest absolute Gasteiger partial charge is 0.267 e. The highest BCUT2D eigenvalue weighted by Gasteiger charge is 2.18. The minimum Gasteiger partial charge on any atom is -0.397 e. The molecule has 0 aliphatic heterocycles. The van der Waals surface area contributed by atoms with E-state index in [1.54, 1.807) is 24.3 Å². The Kier molecular flexibility index (Phi) is 4.48. The monoisotopic (exact) mass is 399 g/mol. The highest BCUT2D eigenvalue weighted by Crippen LogP contribution is 2.34. The summed E-state index contributed by atoms with van der Waals surface area (Å²) in [4.78, 5) is 17.8. The maximum Gasteiger partial charge on any atom is 0.267 e. The van der Waals surface area contributed by atoms with E-state index in [4.69, 9.17) is 5.73 Å². The second-order valence-electron chi connectivity index (χ2n) is 5.98. The number of carbonyl (C=O) groups is 1. The molecule has 1 amide bonds. The summed E-state index contributed by atoms with van der Waals surface area (Å²) in [6, 6.07) is 12.4. The summed E-state index contributed by atoms with van der Waals surface area (Å²) in [5, 5.41) is 3.10. The molecule has 0 spiro atoms. The summed E-state index contributed by atoms with van der Waals surface area (Å²) >= 11 is 1.08. The standard InChI is InChI=1S/C20H12F3N3OS/c21-11-3-1-10(2-4-11)16-8-6-13-17(24)18(28-20(13)26-16)19(27)25-12-5-7-14(22)15(23)9-12/h1-9H,24H2,(H,25,27). The van der Waals surface area contributed by atoms with Gasteiger partial charge in [0.15, 0.2) is 11.6 Å². The molecule has 2 heterocycles. The normalized spacial score (nSPS) is 11.0. The van der Waals surface area contributed by atoms with Crippen LogP contribution in [0.1, 0.15) is 9.67 Å². The number of hydrogen-bond donors (Lipinski definition) is 2. The first-order valence-corrected chi connectivity index (χ1v) is 8.95. The van der Waals surface area contributed by atoms with E-state index in [0.717, 1.165) is 29.0 Å². The molecule has 28 heavy (non-hydrogen) atoms. The molecule has 4 nitrogen and oxygen atoms in total. The fraction of sp³-hybridized carbons (Fsp3) is 0. The number of benzene rings is 2. The van der Waals surface area contributed by atoms with Crippen molar-refractivity contribution in [3.63, 3.8) is 0 Å². The molecule has 2 aromatic carbocycles. The van der Waals surface area contributed by atoms with Crippen LogP contribution in [0, 0.1) is 17.5 Å². The van der Waals surface area contributed by atoms with Gasteiger partial charge in [-0.05, 0) is 48.5 Å². The van der Waals surface area contributed by atoms with Crippen LogP contribution in [-0.4, -0.2) is 10.9 Å². The Bertz CT molecular complexity index is 1210. The molecular weight excluding hydrogens is 387 g/mol. The summed E-state index contributed by atoms with van der Waals surface area (Å²) in [7, 11) is 0. The van der Waals surface area contributed by atoms with Gasteiger partial charge < -0.3 is 11.1 Å². The number of nitrogens with two attached hydrogens (primary N) is 1. The van der Waals surface area contributed by atoms with Crippen LogP contribution in [0.5, 0.6) is 0 Å². The first-order valence-electron chi connectivity index (χ1n) is 8.14. The molecule has 0 atom stereocenters. The van der Waals surface area contributed by atoms with E-state index in [1.165, 1.54) is 18.2 Å². The van der Waals surface area contributed by atoms with Crippen LogP contribution in [0.25, 0.3) is 21.5 Å². The van der Waals surface area contributed by atoms with Crippen molar-refractivity contribution >= 4 is 38.8 Å². The molecule has 0 saturated carbocycles. The van der Waals surface area contributed by atoms with Gasteiger partial charge in [0.25, 0.3) is 5.91 Å². The second kappa shape index (κ2) is 6.97. The number of pyridine rings is 1. The SMILES string of the molecule is Nc1c(C(=O)Nc2ccc(F)c(F)c2)sc2nc(-c3ccc(F)cc3)ccc12. The van der Waals surface area contributed by atoms with E-state index in [2.05, 4.69) is 10.3 Å². The summed E-state index contributed by atoms with van der Waals surface area (Å²) in [6.07, 6.45) is 0. The molecule has 0 aliphatic rings. The van der Waals surface area contributed by atoms with E-state index >= 15 is 0 Å². The summed E-state index contributed by atoms with van der Waals surface area (Å²) in [6.45, 7) is 0. The van der Waals surface area contributed by atoms with Crippen LogP contribution < -0.4 is 11.1 Å². The quantitative estimate of drug-likeness (QED) is 0.497. The van der Waals surface area contributed by atoms with Gasteiger partial charge in [-0.2, -0.15) is 0 Å². The Labute approximate surface area is 161 Å². The minimum atomic E-state index is -1.06. The van der Waals surface area contributed by atoms with E-state index in [0.29, 0.717) is 15.9 Å². The van der Waals surface area contributed by atoms with E-state index in [9.17, 15) is 18.0 Å². The second-order valence-corrected chi connectivity index (χ2v) is 6.98. The number of nitrogens with one attached hydrogen (secondary N) is 1. The highest BCUT2D eigenvalue weighted by atomic mass is 32.1. The van der Waals surface area contributed by atoms with Crippen LogP contribution in [0.4, 0.5) is 24.5 Å². The van der Waals surface area contributed by atoms with Crippen molar-refractivity contribution in [2.24, 2.45) is 0 Å². The number of nitrogens with zero attached hydrogens (tertiary/aromatic N) is 1. The van der Waals surface area contributed by atoms with Gasteiger partial charge in [-0.25, -0.2) is 18.2 Å². The largest absolute Gasteiger partial charge is 0.397 e. The minimum absolute atomic E-state index is 0.112. The lowest BCUT2D eigenvalue weighted by Crippen LogP contribution is -2.12. The number of carbonyl (C=O) groups excluding carboxylic acids is 1. The lowest BCUT2D eigenvalue weighted by Gasteiger charge is -2.04. The fourth-order valence-electron chi connectivity index (χ4n) is 2.71. The summed E-state index contributed by atoms with van der Waals surface area (Å²) in [5.41, 5.74) is 7.78. The van der Waals surface area contributed by atoms with Crippen LogP contribution in [0.15, 0.2) is 54.6 Å². The van der Waals surface area contributed by atoms with E-state index in [-0.39, 0.29) is 22.1 Å². The first kappa shape index (κ1) is 18.0. The molecule has 0 unspecified atom stereocenters. The van der Waals surface area contributed by atoms with Gasteiger partial charge in [0.2, 0.25) is 0 Å². The average Bonchev–Trinajstić information content (AvgIpc) is 3.01. The van der Waals surface area contributed by atoms with Crippen LogP contribution in [0.2, 0.25) is 0 Å². The number of hydrogen-bond acceptors (Lipinski definition) is 4. The number of fused-ring (bicyclic) bond motifs is 1. The number of thiophene rings is 1. The third-order valence-corrected chi connectivity index (χ3v) is 5.23. The van der Waals surface area contributed by atoms with Gasteiger partial charge in [0.05, 0.1) is 11.4 Å². The molecule has 4 rings (SSSR count). The topological polar surface area (TPSA) is 68.0 Å². The number of rotatable bonds is 3. The summed E-state index contributed by atoms with van der Waals surface area (Å²) in [5.74, 6) is -2.96. The molecule has 0 saturated heterocycles. The van der Waals surface area contributed by atoms with Crippen molar-refractivity contribution in [3.05, 3.63) is 76.9 Å². The molecule has 140 valence electrons. The van der Waals surface area contributed by atoms with Crippen LogP contribution in [0.3, 0.4) is 0 Å². The van der Waals surface area contributed by atoms with E-state index < -0.39 is 17.5 Å². The Morgan fingerprint density at radius 1 is 0.964 bits per heavy atom. The molecule has 8 heteroatoms. The van der Waals surface area contributed by atoms with Gasteiger partial charge in [-0.15, -0.1) is 11.3 Å². The number of halogens is 3. The Morgan fingerprint density at radius 2 is 1.71 bits per heavy atom. The molecule has 4 aromatic rings. The molecule has 0 aliphatic carbocycles. The van der Waals surface area contributed by atoms with E-state index in [1.807, 2.05) is 0 Å². The molecule has 3 N–H and O–H groups in total. The molecule has 2 aromatic heterocycles. The lowest BCUT2D eigenvalue weighted by molar-refractivity contribution is 0.103. The number of anilines is 2. The molecule has 0 radical (unpaired) electrons. The molecular formula is C20H12F3N3OS. The van der Waals surface area contributed by atoms with Crippen molar-refractivity contribution in [1.82, 2.24) is 4.98 Å². The predicted octanol–water partition coefficient (Wildman–Crippen LogP) is 5.22. The molecule has 0 bridgehead atoms. The third kappa shape index (κ3) is 3.29. The van der Waals surface area contributed by atoms with Gasteiger partial charge in [0.1, 0.15) is 15.5 Å². The Hall–Kier alpha value is -3.39. The lowest BCUT2D eigenvalue weighted by atomic mass is 10.1. The maximum atomic E-state index is 13.3. The van der Waals surface area contributed by atoms with Gasteiger partial charge in [0, 0.05) is 22.7 Å². The first-order chi connectivity index (χ1) is 13.4. The van der Waals surface area contributed by atoms with Crippen molar-refractivity contribution in [1.29, 1.82) is 0 Å². The van der Waals surface area contributed by atoms with Crippen LogP contribution in [-0.2, 0) is 0 Å². The predicted molar refractivity (Wildman–Crippen MR) is 104 cm³/mol. The molecule has 0 fully saturated rings. The van der Waals surface area contributed by atoms with Gasteiger partial charge >= 0.3 is 0 Å². The zero-order valence-corrected chi connectivity index (χ0v) is 15.0. The zero-order chi connectivity index (χ0) is 19.8. The number of aromatic nitrogens is 1. The van der Waals surface area contributed by atoms with Crippen molar-refractivity contribution in [2.45, 2.75) is 0 Å². The Balaban J connectivity index is 1.67. The Morgan fingerprint density at radius 3 is 2.43 bits per heavy atom. The van der Waals surface area contributed by atoms with Crippen molar-refractivity contribution in [3.8, 4) is 11.3 Å². The highest BCUT2D eigenvalue weighted by molar-refractivity contribution is 7.21. The summed E-state index contributed by atoms with van der Waals surface area (Å²) < 4.78 is 39.5. The zero-order valence-electron chi connectivity index (χ0n) is 14.2. The van der Waals surface area contributed by atoms with Gasteiger partial charge in [-0.1, -0.05) is 0 Å².